The van der Waals surface area contributed by atoms with E-state index < -0.39 is 6.04 Å². The lowest BCUT2D eigenvalue weighted by molar-refractivity contribution is -0.130. The van der Waals surface area contributed by atoms with Crippen LogP contribution in [0.1, 0.15) is 30.6 Å². The number of rotatable bonds is 3. The van der Waals surface area contributed by atoms with E-state index >= 15 is 0 Å². The Labute approximate surface area is 127 Å². The van der Waals surface area contributed by atoms with Gasteiger partial charge < -0.3 is 10.2 Å². The van der Waals surface area contributed by atoms with Gasteiger partial charge in [0.2, 0.25) is 5.91 Å². The first-order chi connectivity index (χ1) is 10.1. The second-order valence-corrected chi connectivity index (χ2v) is 6.36. The number of fused-ring (bicyclic) bond motifs is 1. The molecule has 21 heavy (non-hydrogen) atoms. The minimum atomic E-state index is -0.406. The standard InChI is InChI=1S/C15H17N3O2S/c1-9(2)18-6-5-12(15(18)20)17-14(19)10-3-4-11-13(7-10)21-8-16-11/h3-4,7-9,12H,5-6H2,1-2H3,(H,17,19). The smallest absolute Gasteiger partial charge is 0.251 e. The van der Waals surface area contributed by atoms with Gasteiger partial charge in [-0.15, -0.1) is 11.3 Å². The first kappa shape index (κ1) is 14.0. The van der Waals surface area contributed by atoms with Gasteiger partial charge in [0.15, 0.2) is 0 Å². The van der Waals surface area contributed by atoms with E-state index in [4.69, 9.17) is 0 Å². The van der Waals surface area contributed by atoms with Crippen molar-refractivity contribution in [3.05, 3.63) is 29.3 Å². The number of likely N-dealkylation sites (tertiary alicyclic amines) is 1. The van der Waals surface area contributed by atoms with Crippen LogP contribution in [0.15, 0.2) is 23.7 Å². The highest BCUT2D eigenvalue weighted by atomic mass is 32.1. The van der Waals surface area contributed by atoms with Gasteiger partial charge >= 0.3 is 0 Å². The van der Waals surface area contributed by atoms with Gasteiger partial charge in [-0.1, -0.05) is 0 Å². The Morgan fingerprint density at radius 2 is 2.29 bits per heavy atom. The molecule has 0 spiro atoms. The number of carbonyl (C=O) groups is 2. The van der Waals surface area contributed by atoms with Crippen LogP contribution in [0.25, 0.3) is 10.2 Å². The third kappa shape index (κ3) is 2.63. The summed E-state index contributed by atoms with van der Waals surface area (Å²) in [4.78, 5) is 30.5. The van der Waals surface area contributed by atoms with Crippen LogP contribution in [0.3, 0.4) is 0 Å². The lowest BCUT2D eigenvalue weighted by atomic mass is 10.1. The Bertz CT molecular complexity index is 695. The fraction of sp³-hybridized carbons (Fsp3) is 0.400. The fourth-order valence-electron chi connectivity index (χ4n) is 2.59. The van der Waals surface area contributed by atoms with E-state index in [0.29, 0.717) is 18.5 Å². The molecular formula is C15H17N3O2S. The van der Waals surface area contributed by atoms with Gasteiger partial charge in [-0.05, 0) is 38.5 Å². The van der Waals surface area contributed by atoms with Crippen LogP contribution >= 0.6 is 11.3 Å². The third-order valence-electron chi connectivity index (χ3n) is 3.76. The van der Waals surface area contributed by atoms with E-state index in [9.17, 15) is 9.59 Å². The van der Waals surface area contributed by atoms with Crippen LogP contribution in [0.5, 0.6) is 0 Å². The molecule has 2 heterocycles. The molecule has 1 aliphatic rings. The molecule has 2 amide bonds. The topological polar surface area (TPSA) is 62.3 Å². The Kier molecular flexibility index (Phi) is 3.63. The molecule has 1 aliphatic heterocycles. The molecule has 5 nitrogen and oxygen atoms in total. The average molecular weight is 303 g/mol. The molecule has 6 heteroatoms. The second kappa shape index (κ2) is 5.44. The lowest BCUT2D eigenvalue weighted by Gasteiger charge is -2.21. The summed E-state index contributed by atoms with van der Waals surface area (Å²) in [5.41, 5.74) is 3.22. The van der Waals surface area contributed by atoms with Crippen molar-refractivity contribution in [1.82, 2.24) is 15.2 Å². The van der Waals surface area contributed by atoms with Crippen molar-refractivity contribution in [3.63, 3.8) is 0 Å². The van der Waals surface area contributed by atoms with Crippen molar-refractivity contribution in [3.8, 4) is 0 Å². The van der Waals surface area contributed by atoms with Crippen LogP contribution in [-0.4, -0.2) is 40.3 Å². The Balaban J connectivity index is 1.73. The monoisotopic (exact) mass is 303 g/mol. The van der Waals surface area contributed by atoms with Gasteiger partial charge in [0.1, 0.15) is 6.04 Å². The predicted molar refractivity (Wildman–Crippen MR) is 82.3 cm³/mol. The van der Waals surface area contributed by atoms with E-state index in [-0.39, 0.29) is 17.9 Å². The summed E-state index contributed by atoms with van der Waals surface area (Å²) < 4.78 is 0.976. The number of nitrogens with zero attached hydrogens (tertiary/aromatic N) is 2. The number of carbonyl (C=O) groups excluding carboxylic acids is 2. The molecule has 3 rings (SSSR count). The zero-order chi connectivity index (χ0) is 15.0. The van der Waals surface area contributed by atoms with Crippen LogP contribution in [0, 0.1) is 0 Å². The molecule has 1 N–H and O–H groups in total. The number of amides is 2. The Hall–Kier alpha value is -1.95. The van der Waals surface area contributed by atoms with Gasteiger partial charge in [-0.3, -0.25) is 9.59 Å². The maximum atomic E-state index is 12.3. The summed E-state index contributed by atoms with van der Waals surface area (Å²) >= 11 is 1.50. The molecule has 110 valence electrons. The zero-order valence-electron chi connectivity index (χ0n) is 12.0. The van der Waals surface area contributed by atoms with Crippen LogP contribution in [0.2, 0.25) is 0 Å². The molecule has 1 unspecified atom stereocenters. The fourth-order valence-corrected chi connectivity index (χ4v) is 3.30. The molecule has 2 aromatic rings. The molecule has 0 bridgehead atoms. The number of nitrogens with one attached hydrogen (secondary N) is 1. The highest BCUT2D eigenvalue weighted by molar-refractivity contribution is 7.16. The highest BCUT2D eigenvalue weighted by Crippen LogP contribution is 2.20. The quantitative estimate of drug-likeness (QED) is 0.944. The van der Waals surface area contributed by atoms with Crippen molar-refractivity contribution in [2.75, 3.05) is 6.54 Å². The molecule has 0 radical (unpaired) electrons. The Morgan fingerprint density at radius 3 is 3.00 bits per heavy atom. The largest absolute Gasteiger partial charge is 0.340 e. The second-order valence-electron chi connectivity index (χ2n) is 5.47. The van der Waals surface area contributed by atoms with Crippen molar-refractivity contribution >= 4 is 33.4 Å². The number of aromatic nitrogens is 1. The van der Waals surface area contributed by atoms with E-state index in [1.54, 1.807) is 16.5 Å². The molecule has 1 saturated heterocycles. The first-order valence-electron chi connectivity index (χ1n) is 7.01. The van der Waals surface area contributed by atoms with E-state index in [0.717, 1.165) is 10.2 Å². The molecule has 1 atom stereocenters. The highest BCUT2D eigenvalue weighted by Gasteiger charge is 2.34. The lowest BCUT2D eigenvalue weighted by Crippen LogP contribution is -2.43. The molecule has 1 fully saturated rings. The van der Waals surface area contributed by atoms with Gasteiger partial charge in [-0.25, -0.2) is 4.98 Å². The minimum Gasteiger partial charge on any atom is -0.340 e. The van der Waals surface area contributed by atoms with Crippen molar-refractivity contribution < 1.29 is 9.59 Å². The van der Waals surface area contributed by atoms with Crippen LogP contribution in [0.4, 0.5) is 0 Å². The zero-order valence-corrected chi connectivity index (χ0v) is 12.8. The summed E-state index contributed by atoms with van der Waals surface area (Å²) in [6, 6.07) is 5.17. The number of thiazole rings is 1. The van der Waals surface area contributed by atoms with E-state index in [2.05, 4.69) is 10.3 Å². The van der Waals surface area contributed by atoms with Crippen molar-refractivity contribution in [2.24, 2.45) is 0 Å². The maximum Gasteiger partial charge on any atom is 0.251 e. The van der Waals surface area contributed by atoms with Gasteiger partial charge in [0.05, 0.1) is 15.7 Å². The van der Waals surface area contributed by atoms with Gasteiger partial charge in [0.25, 0.3) is 5.91 Å². The SMILES string of the molecule is CC(C)N1CCC(NC(=O)c2ccc3ncsc3c2)C1=O. The summed E-state index contributed by atoms with van der Waals surface area (Å²) in [5, 5.41) is 2.84. The molecule has 1 aromatic heterocycles. The molecule has 0 aliphatic carbocycles. The first-order valence-corrected chi connectivity index (χ1v) is 7.89. The van der Waals surface area contributed by atoms with Crippen molar-refractivity contribution in [1.29, 1.82) is 0 Å². The third-order valence-corrected chi connectivity index (χ3v) is 4.55. The molecule has 1 aromatic carbocycles. The summed E-state index contributed by atoms with van der Waals surface area (Å²) in [5.74, 6) is -0.188. The van der Waals surface area contributed by atoms with Crippen LogP contribution in [-0.2, 0) is 4.79 Å². The van der Waals surface area contributed by atoms with Gasteiger partial charge in [-0.2, -0.15) is 0 Å². The minimum absolute atomic E-state index is 0.0113. The average Bonchev–Trinajstić information content (AvgIpc) is 3.05. The Morgan fingerprint density at radius 1 is 1.48 bits per heavy atom. The van der Waals surface area contributed by atoms with Crippen LogP contribution < -0.4 is 5.32 Å². The predicted octanol–water partition coefficient (Wildman–Crippen LogP) is 2.04. The van der Waals surface area contributed by atoms with Crippen molar-refractivity contribution in [2.45, 2.75) is 32.4 Å². The van der Waals surface area contributed by atoms with Gasteiger partial charge in [0, 0.05) is 18.2 Å². The van der Waals surface area contributed by atoms with E-state index in [1.165, 1.54) is 11.3 Å². The molecule has 0 saturated carbocycles. The molecular weight excluding hydrogens is 286 g/mol. The number of benzene rings is 1. The summed E-state index contributed by atoms with van der Waals surface area (Å²) in [7, 11) is 0. The number of hydrogen-bond donors (Lipinski definition) is 1. The number of hydrogen-bond acceptors (Lipinski definition) is 4. The van der Waals surface area contributed by atoms with E-state index in [1.807, 2.05) is 26.0 Å². The summed E-state index contributed by atoms with van der Waals surface area (Å²) in [6.45, 7) is 4.68. The summed E-state index contributed by atoms with van der Waals surface area (Å²) in [6.07, 6.45) is 0.672. The maximum absolute atomic E-state index is 12.3. The normalized spacial score (nSPS) is 18.7.